The van der Waals surface area contributed by atoms with Gasteiger partial charge in [0.25, 0.3) is 0 Å². The Hall–Kier alpha value is -2.50. The standard InChI is InChI=1S/C16H19NO5/c1-11(2)15(19)13(17-16(20)21-3)9-14(18)22-10-12-7-5-4-6-8-12/h4-8,11H,9-10H2,1-3H3. The van der Waals surface area contributed by atoms with Crippen molar-refractivity contribution in [1.29, 1.82) is 0 Å². The Bertz CT molecular complexity index is 563. The Morgan fingerprint density at radius 2 is 1.77 bits per heavy atom. The van der Waals surface area contributed by atoms with Crippen molar-refractivity contribution in [2.75, 3.05) is 7.11 Å². The fourth-order valence-corrected chi connectivity index (χ4v) is 1.60. The van der Waals surface area contributed by atoms with Crippen molar-refractivity contribution in [3.63, 3.8) is 0 Å². The number of rotatable bonds is 6. The lowest BCUT2D eigenvalue weighted by molar-refractivity contribution is -0.143. The minimum atomic E-state index is -0.917. The molecule has 22 heavy (non-hydrogen) atoms. The summed E-state index contributed by atoms with van der Waals surface area (Å²) < 4.78 is 9.47. The molecule has 0 atom stereocenters. The summed E-state index contributed by atoms with van der Waals surface area (Å²) in [5.41, 5.74) is 0.678. The van der Waals surface area contributed by atoms with Crippen LogP contribution in [0.2, 0.25) is 0 Å². The lowest BCUT2D eigenvalue weighted by Crippen LogP contribution is -2.25. The third-order valence-corrected chi connectivity index (χ3v) is 2.76. The first kappa shape index (κ1) is 17.6. The van der Waals surface area contributed by atoms with Crippen molar-refractivity contribution < 1.29 is 23.9 Å². The van der Waals surface area contributed by atoms with Crippen molar-refractivity contribution >= 4 is 23.6 Å². The van der Waals surface area contributed by atoms with Gasteiger partial charge in [0.1, 0.15) is 12.3 Å². The van der Waals surface area contributed by atoms with E-state index in [1.807, 2.05) is 30.3 Å². The molecule has 1 amide bonds. The number of hydrogen-bond acceptors (Lipinski definition) is 5. The predicted octanol–water partition coefficient (Wildman–Crippen LogP) is 2.55. The number of hydrogen-bond donors (Lipinski definition) is 0. The van der Waals surface area contributed by atoms with Crippen LogP contribution < -0.4 is 0 Å². The van der Waals surface area contributed by atoms with Crippen molar-refractivity contribution in [2.45, 2.75) is 26.9 Å². The van der Waals surface area contributed by atoms with Crippen LogP contribution in [0.3, 0.4) is 0 Å². The molecule has 0 aromatic heterocycles. The topological polar surface area (TPSA) is 82.0 Å². The molecule has 0 spiro atoms. The fourth-order valence-electron chi connectivity index (χ4n) is 1.60. The Morgan fingerprint density at radius 1 is 1.14 bits per heavy atom. The van der Waals surface area contributed by atoms with Crippen LogP contribution in [-0.4, -0.2) is 30.7 Å². The Morgan fingerprint density at radius 3 is 2.32 bits per heavy atom. The highest BCUT2D eigenvalue weighted by Crippen LogP contribution is 2.06. The summed E-state index contributed by atoms with van der Waals surface area (Å²) in [4.78, 5) is 38.5. The number of carbonyl (C=O) groups excluding carboxylic acids is 3. The second kappa shape index (κ2) is 8.71. The Balaban J connectivity index is 2.69. The third-order valence-electron chi connectivity index (χ3n) is 2.76. The largest absolute Gasteiger partial charge is 0.461 e. The number of ether oxygens (including phenoxy) is 2. The second-order valence-corrected chi connectivity index (χ2v) is 4.87. The molecule has 0 heterocycles. The summed E-state index contributed by atoms with van der Waals surface area (Å²) in [6.07, 6.45) is -1.28. The van der Waals surface area contributed by atoms with Crippen LogP contribution in [0.15, 0.2) is 35.3 Å². The predicted molar refractivity (Wildman–Crippen MR) is 80.5 cm³/mol. The molecule has 1 rings (SSSR count). The summed E-state index contributed by atoms with van der Waals surface area (Å²) in [7, 11) is 1.15. The van der Waals surface area contributed by atoms with Crippen LogP contribution in [0.1, 0.15) is 25.8 Å². The van der Waals surface area contributed by atoms with Gasteiger partial charge in [-0.25, -0.2) is 4.79 Å². The summed E-state index contributed by atoms with van der Waals surface area (Å²) in [5.74, 6) is -1.40. The first-order valence-corrected chi connectivity index (χ1v) is 6.83. The molecule has 6 nitrogen and oxygen atoms in total. The molecular weight excluding hydrogens is 286 g/mol. The molecular formula is C16H19NO5. The van der Waals surface area contributed by atoms with Crippen LogP contribution in [0.5, 0.6) is 0 Å². The zero-order valence-electron chi connectivity index (χ0n) is 12.9. The highest BCUT2D eigenvalue weighted by atomic mass is 16.5. The van der Waals surface area contributed by atoms with Crippen LogP contribution in [0.25, 0.3) is 0 Å². The summed E-state index contributed by atoms with van der Waals surface area (Å²) in [5, 5.41) is 0. The van der Waals surface area contributed by atoms with E-state index in [0.29, 0.717) is 0 Å². The molecule has 0 aliphatic heterocycles. The number of aliphatic imine (C=N–C) groups is 1. The number of esters is 1. The van der Waals surface area contributed by atoms with Crippen LogP contribution in [0.4, 0.5) is 4.79 Å². The van der Waals surface area contributed by atoms with E-state index in [0.717, 1.165) is 12.7 Å². The molecule has 0 saturated heterocycles. The number of amides is 1. The zero-order chi connectivity index (χ0) is 16.5. The molecule has 118 valence electrons. The number of Topliss-reactive ketones (excluding diaryl/α,β-unsaturated/α-hetero) is 1. The molecule has 1 aromatic rings. The summed E-state index contributed by atoms with van der Waals surface area (Å²) in [6.45, 7) is 3.41. The SMILES string of the molecule is COC(=O)N=C(CC(=O)OCc1ccccc1)C(=O)C(C)C. The average Bonchev–Trinajstić information content (AvgIpc) is 2.52. The normalized spacial score (nSPS) is 11.2. The lowest BCUT2D eigenvalue weighted by atomic mass is 10.0. The minimum Gasteiger partial charge on any atom is -0.461 e. The van der Waals surface area contributed by atoms with Gasteiger partial charge >= 0.3 is 12.1 Å². The van der Waals surface area contributed by atoms with Gasteiger partial charge in [0, 0.05) is 5.92 Å². The maximum atomic E-state index is 12.0. The lowest BCUT2D eigenvalue weighted by Gasteiger charge is -2.08. The molecule has 0 radical (unpaired) electrons. The molecule has 0 bridgehead atoms. The minimum absolute atomic E-state index is 0.0983. The summed E-state index contributed by atoms with van der Waals surface area (Å²) >= 11 is 0. The van der Waals surface area contributed by atoms with Crippen LogP contribution in [0, 0.1) is 5.92 Å². The molecule has 0 aliphatic rings. The van der Waals surface area contributed by atoms with E-state index in [2.05, 4.69) is 9.73 Å². The Kier molecular flexibility index (Phi) is 6.95. The number of nitrogens with zero attached hydrogens (tertiary/aromatic N) is 1. The maximum Gasteiger partial charge on any atom is 0.433 e. The van der Waals surface area contributed by atoms with Crippen molar-refractivity contribution in [3.8, 4) is 0 Å². The van der Waals surface area contributed by atoms with Crippen LogP contribution in [-0.2, 0) is 25.7 Å². The maximum absolute atomic E-state index is 12.0. The number of carbonyl (C=O) groups is 3. The van der Waals surface area contributed by atoms with E-state index in [9.17, 15) is 14.4 Å². The number of methoxy groups -OCH3 is 1. The monoisotopic (exact) mass is 305 g/mol. The van der Waals surface area contributed by atoms with Gasteiger partial charge in [0.2, 0.25) is 0 Å². The molecule has 0 fully saturated rings. The quantitative estimate of drug-likeness (QED) is 0.596. The average molecular weight is 305 g/mol. The van der Waals surface area contributed by atoms with Gasteiger partial charge in [-0.05, 0) is 5.56 Å². The van der Waals surface area contributed by atoms with E-state index in [1.54, 1.807) is 13.8 Å². The zero-order valence-corrected chi connectivity index (χ0v) is 12.9. The molecule has 0 unspecified atom stereocenters. The van der Waals surface area contributed by atoms with Gasteiger partial charge < -0.3 is 9.47 Å². The van der Waals surface area contributed by atoms with Crippen molar-refractivity contribution in [3.05, 3.63) is 35.9 Å². The molecule has 1 aromatic carbocycles. The van der Waals surface area contributed by atoms with E-state index in [-0.39, 0.29) is 30.4 Å². The van der Waals surface area contributed by atoms with E-state index < -0.39 is 12.1 Å². The van der Waals surface area contributed by atoms with E-state index >= 15 is 0 Å². The molecule has 0 aliphatic carbocycles. The van der Waals surface area contributed by atoms with Gasteiger partial charge in [-0.15, -0.1) is 0 Å². The van der Waals surface area contributed by atoms with Gasteiger partial charge in [-0.1, -0.05) is 44.2 Å². The van der Waals surface area contributed by atoms with Gasteiger partial charge in [0.05, 0.1) is 13.5 Å². The molecule has 0 saturated carbocycles. The molecule has 0 N–H and O–H groups in total. The molecule has 6 heteroatoms. The number of benzene rings is 1. The number of ketones is 1. The van der Waals surface area contributed by atoms with Crippen molar-refractivity contribution in [2.24, 2.45) is 10.9 Å². The summed E-state index contributed by atoms with van der Waals surface area (Å²) in [6, 6.07) is 9.14. The van der Waals surface area contributed by atoms with E-state index in [1.165, 1.54) is 0 Å². The Labute approximate surface area is 129 Å². The van der Waals surface area contributed by atoms with Crippen LogP contribution >= 0.6 is 0 Å². The third kappa shape index (κ3) is 5.87. The van der Waals surface area contributed by atoms with Gasteiger partial charge in [-0.3, -0.25) is 9.59 Å². The van der Waals surface area contributed by atoms with E-state index in [4.69, 9.17) is 4.74 Å². The van der Waals surface area contributed by atoms with Crippen molar-refractivity contribution in [1.82, 2.24) is 0 Å². The smallest absolute Gasteiger partial charge is 0.433 e. The van der Waals surface area contributed by atoms with Gasteiger partial charge in [0.15, 0.2) is 5.78 Å². The fraction of sp³-hybridized carbons (Fsp3) is 0.375. The van der Waals surface area contributed by atoms with Gasteiger partial charge in [-0.2, -0.15) is 4.99 Å². The second-order valence-electron chi connectivity index (χ2n) is 4.87. The first-order valence-electron chi connectivity index (χ1n) is 6.83. The first-order chi connectivity index (χ1) is 10.4. The highest BCUT2D eigenvalue weighted by Gasteiger charge is 2.21. The highest BCUT2D eigenvalue weighted by molar-refractivity contribution is 6.44.